The molecule has 0 aliphatic rings. The summed E-state index contributed by atoms with van der Waals surface area (Å²) in [5.74, 6) is -0.256. The van der Waals surface area contributed by atoms with Crippen molar-refractivity contribution in [3.8, 4) is 0 Å². The molecule has 0 fully saturated rings. The highest BCUT2D eigenvalue weighted by Crippen LogP contribution is 2.04. The van der Waals surface area contributed by atoms with Crippen molar-refractivity contribution < 1.29 is 9.59 Å². The molecule has 0 bridgehead atoms. The Morgan fingerprint density at radius 3 is 2.05 bits per heavy atom. The van der Waals surface area contributed by atoms with Gasteiger partial charge in [0.1, 0.15) is 0 Å². The van der Waals surface area contributed by atoms with Gasteiger partial charge in [-0.15, -0.1) is 0 Å². The third kappa shape index (κ3) is 5.81. The Bertz CT molecular complexity index is 445. The average Bonchev–Trinajstić information content (AvgIpc) is 2.43. The fourth-order valence-electron chi connectivity index (χ4n) is 1.63. The zero-order chi connectivity index (χ0) is 15.0. The second-order valence-electron chi connectivity index (χ2n) is 4.63. The highest BCUT2D eigenvalue weighted by molar-refractivity contribution is 5.81. The van der Waals surface area contributed by atoms with Crippen LogP contribution >= 0.6 is 0 Å². The van der Waals surface area contributed by atoms with Crippen molar-refractivity contribution in [3.05, 3.63) is 35.4 Å². The minimum atomic E-state index is -0.556. The Hall–Kier alpha value is -1.92. The van der Waals surface area contributed by atoms with E-state index in [1.165, 1.54) is 6.92 Å². The maximum atomic E-state index is 11.6. The standard InChI is InChI=1S/C14H22N4O2/c1-10(19)17-8-11-2-4-12(5-3-11)9-18-14(20)13(16)6-7-15/h2-5,13H,6-9,15-16H2,1H3,(H,17,19)(H,18,20). The van der Waals surface area contributed by atoms with E-state index in [0.717, 1.165) is 11.1 Å². The van der Waals surface area contributed by atoms with Crippen LogP contribution in [0.3, 0.4) is 0 Å². The molecule has 6 nitrogen and oxygen atoms in total. The largest absolute Gasteiger partial charge is 0.352 e. The Morgan fingerprint density at radius 1 is 1.10 bits per heavy atom. The lowest BCUT2D eigenvalue weighted by Crippen LogP contribution is -2.41. The SMILES string of the molecule is CC(=O)NCc1ccc(CNC(=O)C(N)CCN)cc1. The number of hydrogen-bond donors (Lipinski definition) is 4. The molecule has 0 aliphatic carbocycles. The molecule has 110 valence electrons. The number of benzene rings is 1. The summed E-state index contributed by atoms with van der Waals surface area (Å²) >= 11 is 0. The second kappa shape index (κ2) is 8.29. The van der Waals surface area contributed by atoms with Gasteiger partial charge in [-0.3, -0.25) is 9.59 Å². The molecule has 6 N–H and O–H groups in total. The van der Waals surface area contributed by atoms with Gasteiger partial charge in [-0.2, -0.15) is 0 Å². The van der Waals surface area contributed by atoms with Gasteiger partial charge in [-0.1, -0.05) is 24.3 Å². The van der Waals surface area contributed by atoms with E-state index < -0.39 is 6.04 Å². The number of nitrogens with two attached hydrogens (primary N) is 2. The summed E-state index contributed by atoms with van der Waals surface area (Å²) in [7, 11) is 0. The van der Waals surface area contributed by atoms with Gasteiger partial charge in [0.25, 0.3) is 0 Å². The molecule has 0 spiro atoms. The number of rotatable bonds is 7. The molecule has 0 aliphatic heterocycles. The smallest absolute Gasteiger partial charge is 0.237 e. The van der Waals surface area contributed by atoms with Gasteiger partial charge in [0.05, 0.1) is 6.04 Å². The molecule has 6 heteroatoms. The minimum absolute atomic E-state index is 0.0600. The van der Waals surface area contributed by atoms with E-state index >= 15 is 0 Å². The van der Waals surface area contributed by atoms with Crippen molar-refractivity contribution in [2.45, 2.75) is 32.5 Å². The predicted molar refractivity (Wildman–Crippen MR) is 77.5 cm³/mol. The van der Waals surface area contributed by atoms with E-state index in [1.54, 1.807) is 0 Å². The summed E-state index contributed by atoms with van der Waals surface area (Å²) in [6, 6.07) is 7.09. The lowest BCUT2D eigenvalue weighted by molar-refractivity contribution is -0.122. The summed E-state index contributed by atoms with van der Waals surface area (Å²) in [6.07, 6.45) is 0.474. The summed E-state index contributed by atoms with van der Waals surface area (Å²) in [4.78, 5) is 22.4. The van der Waals surface area contributed by atoms with Crippen LogP contribution in [0, 0.1) is 0 Å². The highest BCUT2D eigenvalue weighted by atomic mass is 16.2. The summed E-state index contributed by atoms with van der Waals surface area (Å²) < 4.78 is 0. The molecule has 1 aromatic rings. The van der Waals surface area contributed by atoms with Gasteiger partial charge in [-0.25, -0.2) is 0 Å². The van der Waals surface area contributed by atoms with Crippen LogP contribution < -0.4 is 22.1 Å². The molecule has 1 rings (SSSR count). The minimum Gasteiger partial charge on any atom is -0.352 e. The molecule has 1 atom stereocenters. The zero-order valence-electron chi connectivity index (χ0n) is 11.7. The molecule has 1 unspecified atom stereocenters. The third-order valence-corrected chi connectivity index (χ3v) is 2.85. The maximum Gasteiger partial charge on any atom is 0.237 e. The van der Waals surface area contributed by atoms with Gasteiger partial charge in [-0.05, 0) is 24.1 Å². The van der Waals surface area contributed by atoms with Crippen LogP contribution in [0.15, 0.2) is 24.3 Å². The van der Waals surface area contributed by atoms with Crippen molar-refractivity contribution in [2.24, 2.45) is 11.5 Å². The number of hydrogen-bond acceptors (Lipinski definition) is 4. The van der Waals surface area contributed by atoms with Gasteiger partial charge in [0.15, 0.2) is 0 Å². The molecule has 0 saturated carbocycles. The number of carbonyl (C=O) groups is 2. The Balaban J connectivity index is 2.41. The monoisotopic (exact) mass is 278 g/mol. The van der Waals surface area contributed by atoms with E-state index in [9.17, 15) is 9.59 Å². The fourth-order valence-corrected chi connectivity index (χ4v) is 1.63. The van der Waals surface area contributed by atoms with Crippen LogP contribution in [0.2, 0.25) is 0 Å². The number of carbonyl (C=O) groups excluding carboxylic acids is 2. The molecule has 0 saturated heterocycles. The average molecular weight is 278 g/mol. The van der Waals surface area contributed by atoms with E-state index in [-0.39, 0.29) is 11.8 Å². The second-order valence-corrected chi connectivity index (χ2v) is 4.63. The summed E-state index contributed by atoms with van der Waals surface area (Å²) in [5, 5.41) is 5.49. The van der Waals surface area contributed by atoms with Crippen molar-refractivity contribution in [2.75, 3.05) is 6.54 Å². The van der Waals surface area contributed by atoms with Crippen LogP contribution in [0.1, 0.15) is 24.5 Å². The lowest BCUT2D eigenvalue weighted by atomic mass is 10.1. The Morgan fingerprint density at radius 2 is 1.60 bits per heavy atom. The van der Waals surface area contributed by atoms with E-state index in [0.29, 0.717) is 26.1 Å². The maximum absolute atomic E-state index is 11.6. The molecule has 0 heterocycles. The normalized spacial score (nSPS) is 11.8. The predicted octanol–water partition coefficient (Wildman–Crippen LogP) is -0.385. The summed E-state index contributed by atoms with van der Waals surface area (Å²) in [6.45, 7) is 2.81. The quantitative estimate of drug-likeness (QED) is 0.544. The first-order valence-electron chi connectivity index (χ1n) is 6.58. The molecule has 0 aromatic heterocycles. The molecule has 1 aromatic carbocycles. The van der Waals surface area contributed by atoms with Gasteiger partial charge in [0, 0.05) is 20.0 Å². The van der Waals surface area contributed by atoms with Gasteiger partial charge >= 0.3 is 0 Å². The van der Waals surface area contributed by atoms with Crippen LogP contribution in [0.4, 0.5) is 0 Å². The fraction of sp³-hybridized carbons (Fsp3) is 0.429. The molecule has 2 amide bonds. The van der Waals surface area contributed by atoms with Crippen molar-refractivity contribution in [1.29, 1.82) is 0 Å². The Kier molecular flexibility index (Phi) is 6.69. The number of nitrogens with one attached hydrogen (secondary N) is 2. The van der Waals surface area contributed by atoms with Crippen LogP contribution in [0.5, 0.6) is 0 Å². The van der Waals surface area contributed by atoms with Crippen molar-refractivity contribution >= 4 is 11.8 Å². The third-order valence-electron chi connectivity index (χ3n) is 2.85. The van der Waals surface area contributed by atoms with E-state index in [2.05, 4.69) is 10.6 Å². The highest BCUT2D eigenvalue weighted by Gasteiger charge is 2.11. The molecule has 20 heavy (non-hydrogen) atoms. The van der Waals surface area contributed by atoms with E-state index in [4.69, 9.17) is 11.5 Å². The first-order chi connectivity index (χ1) is 9.52. The first-order valence-corrected chi connectivity index (χ1v) is 6.58. The lowest BCUT2D eigenvalue weighted by Gasteiger charge is -2.11. The molecular formula is C14H22N4O2. The van der Waals surface area contributed by atoms with Gasteiger partial charge in [0.2, 0.25) is 11.8 Å². The summed E-state index contributed by atoms with van der Waals surface area (Å²) in [5.41, 5.74) is 13.0. The zero-order valence-corrected chi connectivity index (χ0v) is 11.7. The van der Waals surface area contributed by atoms with Gasteiger partial charge < -0.3 is 22.1 Å². The van der Waals surface area contributed by atoms with Crippen molar-refractivity contribution in [1.82, 2.24) is 10.6 Å². The van der Waals surface area contributed by atoms with Crippen LogP contribution in [-0.4, -0.2) is 24.4 Å². The van der Waals surface area contributed by atoms with Crippen LogP contribution in [0.25, 0.3) is 0 Å². The Labute approximate surface area is 118 Å². The molecule has 0 radical (unpaired) electrons. The number of amides is 2. The van der Waals surface area contributed by atoms with E-state index in [1.807, 2.05) is 24.3 Å². The van der Waals surface area contributed by atoms with Crippen LogP contribution in [-0.2, 0) is 22.7 Å². The molecular weight excluding hydrogens is 256 g/mol. The topological polar surface area (TPSA) is 110 Å². The van der Waals surface area contributed by atoms with Crippen molar-refractivity contribution in [3.63, 3.8) is 0 Å². The first kappa shape index (κ1) is 16.1.